The first-order chi connectivity index (χ1) is 13.8. The van der Waals surface area contributed by atoms with Crippen molar-refractivity contribution in [2.45, 2.75) is 32.9 Å². The van der Waals surface area contributed by atoms with E-state index in [1.54, 1.807) is 29.2 Å². The molecule has 0 aromatic heterocycles. The van der Waals surface area contributed by atoms with Crippen molar-refractivity contribution in [3.8, 4) is 0 Å². The number of amides is 1. The van der Waals surface area contributed by atoms with Crippen LogP contribution in [0.5, 0.6) is 0 Å². The first-order valence-corrected chi connectivity index (χ1v) is 9.91. The number of fused-ring (bicyclic) bond motifs is 1. The lowest BCUT2D eigenvalue weighted by Crippen LogP contribution is -2.53. The second-order valence-corrected chi connectivity index (χ2v) is 8.00. The fourth-order valence-corrected chi connectivity index (χ4v) is 3.78. The number of rotatable bonds is 7. The molecule has 152 valence electrons. The summed E-state index contributed by atoms with van der Waals surface area (Å²) >= 11 is 5.98. The summed E-state index contributed by atoms with van der Waals surface area (Å²) < 4.78 is 0. The summed E-state index contributed by atoms with van der Waals surface area (Å²) in [7, 11) is 0. The largest absolute Gasteiger partial charge is 0.354 e. The van der Waals surface area contributed by atoms with Gasteiger partial charge in [0.25, 0.3) is 5.69 Å². The Morgan fingerprint density at radius 3 is 2.48 bits per heavy atom. The predicted molar refractivity (Wildman–Crippen MR) is 117 cm³/mol. The van der Waals surface area contributed by atoms with E-state index in [-0.39, 0.29) is 17.6 Å². The van der Waals surface area contributed by atoms with Gasteiger partial charge in [-0.25, -0.2) is 0 Å². The third-order valence-corrected chi connectivity index (χ3v) is 5.22. The van der Waals surface area contributed by atoms with Gasteiger partial charge >= 0.3 is 0 Å². The predicted octanol–water partition coefficient (Wildman–Crippen LogP) is 5.20. The molecular weight excluding hydrogens is 390 g/mol. The maximum absolute atomic E-state index is 13.5. The molecule has 1 unspecified atom stereocenters. The Bertz CT molecular complexity index is 927. The molecule has 0 saturated carbocycles. The van der Waals surface area contributed by atoms with E-state index >= 15 is 0 Å². The Morgan fingerprint density at radius 1 is 1.21 bits per heavy atom. The smallest absolute Gasteiger partial charge is 0.271 e. The zero-order valence-corrected chi connectivity index (χ0v) is 17.3. The lowest BCUT2D eigenvalue weighted by molar-refractivity contribution is -0.384. The SMILES string of the molecule is C=CCN1c2ccc([N+](=O)[O-])cc2N(Cc2ccc(Cl)cc2)C(=O)C1CC(C)C. The van der Waals surface area contributed by atoms with Gasteiger partial charge in [-0.05, 0) is 36.1 Å². The molecule has 7 heteroatoms. The normalized spacial score (nSPS) is 16.1. The van der Waals surface area contributed by atoms with E-state index in [2.05, 4.69) is 20.4 Å². The van der Waals surface area contributed by atoms with Crippen molar-refractivity contribution in [1.82, 2.24) is 0 Å². The number of nitrogens with zero attached hydrogens (tertiary/aromatic N) is 3. The second-order valence-electron chi connectivity index (χ2n) is 7.57. The van der Waals surface area contributed by atoms with E-state index in [1.165, 1.54) is 12.1 Å². The highest BCUT2D eigenvalue weighted by Gasteiger charge is 2.38. The fraction of sp³-hybridized carbons (Fsp3) is 0.318. The maximum atomic E-state index is 13.5. The minimum atomic E-state index is -0.441. The first-order valence-electron chi connectivity index (χ1n) is 9.53. The van der Waals surface area contributed by atoms with Gasteiger partial charge in [0.2, 0.25) is 5.91 Å². The van der Waals surface area contributed by atoms with Gasteiger partial charge in [-0.15, -0.1) is 6.58 Å². The van der Waals surface area contributed by atoms with E-state index in [1.807, 2.05) is 17.0 Å². The second kappa shape index (κ2) is 8.66. The molecule has 1 amide bonds. The minimum Gasteiger partial charge on any atom is -0.354 e. The van der Waals surface area contributed by atoms with Crippen LogP contribution >= 0.6 is 11.6 Å². The molecule has 1 heterocycles. The summed E-state index contributed by atoms with van der Waals surface area (Å²) in [6.07, 6.45) is 2.43. The highest BCUT2D eigenvalue weighted by Crippen LogP contribution is 2.40. The molecule has 0 N–H and O–H groups in total. The zero-order chi connectivity index (χ0) is 21.1. The highest BCUT2D eigenvalue weighted by molar-refractivity contribution is 6.30. The topological polar surface area (TPSA) is 66.7 Å². The minimum absolute atomic E-state index is 0.0430. The Labute approximate surface area is 175 Å². The van der Waals surface area contributed by atoms with Crippen molar-refractivity contribution in [1.29, 1.82) is 0 Å². The quantitative estimate of drug-likeness (QED) is 0.355. The van der Waals surface area contributed by atoms with Gasteiger partial charge in [-0.1, -0.05) is 43.7 Å². The summed E-state index contributed by atoms with van der Waals surface area (Å²) in [4.78, 5) is 28.1. The van der Waals surface area contributed by atoms with E-state index < -0.39 is 4.92 Å². The number of anilines is 2. The molecule has 0 aliphatic carbocycles. The van der Waals surface area contributed by atoms with Crippen LogP contribution in [0, 0.1) is 16.0 Å². The van der Waals surface area contributed by atoms with Crippen LogP contribution in [0.25, 0.3) is 0 Å². The first kappa shape index (κ1) is 20.9. The summed E-state index contributed by atoms with van der Waals surface area (Å²) in [6, 6.07) is 11.6. The fourth-order valence-electron chi connectivity index (χ4n) is 3.66. The number of hydrogen-bond acceptors (Lipinski definition) is 4. The maximum Gasteiger partial charge on any atom is 0.271 e. The summed E-state index contributed by atoms with van der Waals surface area (Å²) in [5.74, 6) is 0.247. The number of hydrogen-bond donors (Lipinski definition) is 0. The third kappa shape index (κ3) is 4.43. The van der Waals surface area contributed by atoms with Crippen LogP contribution in [0.2, 0.25) is 5.02 Å². The number of non-ortho nitro benzene ring substituents is 1. The number of halogens is 1. The molecule has 0 radical (unpaired) electrons. The summed E-state index contributed by atoms with van der Waals surface area (Å²) in [6.45, 7) is 8.78. The van der Waals surface area contributed by atoms with Gasteiger partial charge < -0.3 is 9.80 Å². The Balaban J connectivity index is 2.11. The lowest BCUT2D eigenvalue weighted by Gasteiger charge is -2.43. The average molecular weight is 414 g/mol. The van der Waals surface area contributed by atoms with Gasteiger partial charge in [-0.2, -0.15) is 0 Å². The molecule has 0 fully saturated rings. The number of nitro benzene ring substituents is 1. The van der Waals surface area contributed by atoms with Crippen molar-refractivity contribution in [2.75, 3.05) is 16.3 Å². The molecule has 0 saturated heterocycles. The van der Waals surface area contributed by atoms with E-state index in [9.17, 15) is 14.9 Å². The summed E-state index contributed by atoms with van der Waals surface area (Å²) in [5, 5.41) is 12.0. The monoisotopic (exact) mass is 413 g/mol. The van der Waals surface area contributed by atoms with Gasteiger partial charge in [0.1, 0.15) is 6.04 Å². The van der Waals surface area contributed by atoms with Crippen molar-refractivity contribution >= 4 is 34.6 Å². The van der Waals surface area contributed by atoms with Gasteiger partial charge in [0.15, 0.2) is 0 Å². The standard InChI is InChI=1S/C22H24ClN3O3/c1-4-11-24-19-10-9-18(26(28)29)13-20(19)25(22(27)21(24)12-15(2)3)14-16-5-7-17(23)8-6-16/h4-10,13,15,21H,1,11-12,14H2,2-3H3. The molecule has 0 spiro atoms. The van der Waals surface area contributed by atoms with Gasteiger partial charge in [0.05, 0.1) is 22.8 Å². The van der Waals surface area contributed by atoms with E-state index in [0.29, 0.717) is 36.1 Å². The van der Waals surface area contributed by atoms with Crippen molar-refractivity contribution in [2.24, 2.45) is 5.92 Å². The van der Waals surface area contributed by atoms with Crippen LogP contribution in [0.1, 0.15) is 25.8 Å². The lowest BCUT2D eigenvalue weighted by atomic mass is 9.96. The van der Waals surface area contributed by atoms with Crippen LogP contribution in [0.15, 0.2) is 55.1 Å². The van der Waals surface area contributed by atoms with Crippen molar-refractivity contribution in [3.63, 3.8) is 0 Å². The van der Waals surface area contributed by atoms with Crippen molar-refractivity contribution < 1.29 is 9.72 Å². The molecule has 1 aliphatic heterocycles. The molecule has 1 atom stereocenters. The molecule has 1 aliphatic rings. The van der Waals surface area contributed by atoms with Crippen molar-refractivity contribution in [3.05, 3.63) is 75.8 Å². The van der Waals surface area contributed by atoms with Crippen LogP contribution in [0.4, 0.5) is 17.1 Å². The molecular formula is C22H24ClN3O3. The van der Waals surface area contributed by atoms with E-state index in [4.69, 9.17) is 11.6 Å². The molecule has 2 aromatic carbocycles. The number of carbonyl (C=O) groups is 1. The summed E-state index contributed by atoms with van der Waals surface area (Å²) in [5.41, 5.74) is 2.20. The third-order valence-electron chi connectivity index (χ3n) is 4.97. The molecule has 3 rings (SSSR count). The number of carbonyl (C=O) groups excluding carboxylic acids is 1. The number of benzene rings is 2. The Morgan fingerprint density at radius 2 is 1.90 bits per heavy atom. The Hall–Kier alpha value is -2.86. The van der Waals surface area contributed by atoms with Crippen LogP contribution in [-0.4, -0.2) is 23.4 Å². The Kier molecular flexibility index (Phi) is 6.23. The van der Waals surface area contributed by atoms with E-state index in [0.717, 1.165) is 11.3 Å². The van der Waals surface area contributed by atoms with Crippen LogP contribution in [-0.2, 0) is 11.3 Å². The molecule has 6 nitrogen and oxygen atoms in total. The van der Waals surface area contributed by atoms with Gasteiger partial charge in [0, 0.05) is 23.7 Å². The molecule has 2 aromatic rings. The van der Waals surface area contributed by atoms with Crippen LogP contribution < -0.4 is 9.80 Å². The zero-order valence-electron chi connectivity index (χ0n) is 16.5. The molecule has 29 heavy (non-hydrogen) atoms. The highest BCUT2D eigenvalue weighted by atomic mass is 35.5. The van der Waals surface area contributed by atoms with Gasteiger partial charge in [-0.3, -0.25) is 14.9 Å². The molecule has 0 bridgehead atoms. The van der Waals surface area contributed by atoms with Crippen LogP contribution in [0.3, 0.4) is 0 Å². The number of nitro groups is 1. The average Bonchev–Trinajstić information content (AvgIpc) is 2.68.